The zero-order valence-electron chi connectivity index (χ0n) is 16.0. The number of amides is 1. The average molecular weight is 394 g/mol. The number of nitrogens with one attached hydrogen (secondary N) is 1. The number of ether oxygens (including phenoxy) is 2. The van der Waals surface area contributed by atoms with Gasteiger partial charge in [0.25, 0.3) is 5.91 Å². The highest BCUT2D eigenvalue weighted by Gasteiger charge is 2.09. The van der Waals surface area contributed by atoms with E-state index < -0.39 is 0 Å². The molecule has 4 nitrogen and oxygen atoms in total. The molecule has 1 amide bonds. The number of carbonyl (C=O) groups is 1. The van der Waals surface area contributed by atoms with Crippen molar-refractivity contribution in [2.45, 2.75) is 11.5 Å². The monoisotopic (exact) mass is 393 g/mol. The molecule has 0 bridgehead atoms. The van der Waals surface area contributed by atoms with Gasteiger partial charge in [-0.05, 0) is 35.4 Å². The first-order valence-electron chi connectivity index (χ1n) is 8.93. The first-order valence-corrected chi connectivity index (χ1v) is 10.1. The Morgan fingerprint density at radius 1 is 0.821 bits per heavy atom. The van der Waals surface area contributed by atoms with Gasteiger partial charge in [-0.1, -0.05) is 42.5 Å². The molecule has 0 aliphatic rings. The summed E-state index contributed by atoms with van der Waals surface area (Å²) in [6.07, 6.45) is 0. The van der Waals surface area contributed by atoms with Crippen molar-refractivity contribution in [1.29, 1.82) is 0 Å². The minimum atomic E-state index is -0.157. The second-order valence-corrected chi connectivity index (χ2v) is 7.18. The van der Waals surface area contributed by atoms with E-state index in [1.165, 1.54) is 11.1 Å². The van der Waals surface area contributed by atoms with Crippen LogP contribution in [0.1, 0.15) is 21.5 Å². The van der Waals surface area contributed by atoms with E-state index in [-0.39, 0.29) is 5.91 Å². The summed E-state index contributed by atoms with van der Waals surface area (Å²) in [6.45, 7) is 0. The van der Waals surface area contributed by atoms with Crippen LogP contribution in [0.2, 0.25) is 0 Å². The van der Waals surface area contributed by atoms with Crippen molar-refractivity contribution in [3.05, 3.63) is 89.5 Å². The molecular weight excluding hydrogens is 370 g/mol. The first-order chi connectivity index (χ1) is 13.7. The fourth-order valence-electron chi connectivity index (χ4n) is 2.73. The van der Waals surface area contributed by atoms with Gasteiger partial charge < -0.3 is 14.8 Å². The van der Waals surface area contributed by atoms with Crippen molar-refractivity contribution in [2.75, 3.05) is 19.5 Å². The van der Waals surface area contributed by atoms with Crippen LogP contribution >= 0.6 is 11.8 Å². The SMILES string of the molecule is COc1ccc(NC(=O)c2ccc(CSCc3ccccc3)cc2)cc1OC. The predicted octanol–water partition coefficient (Wildman–Crippen LogP) is 5.39. The molecule has 3 aromatic rings. The Labute approximate surface area is 169 Å². The lowest BCUT2D eigenvalue weighted by Crippen LogP contribution is -2.12. The molecule has 0 aromatic heterocycles. The lowest BCUT2D eigenvalue weighted by atomic mass is 10.1. The number of rotatable bonds is 8. The maximum Gasteiger partial charge on any atom is 0.255 e. The summed E-state index contributed by atoms with van der Waals surface area (Å²) >= 11 is 1.86. The van der Waals surface area contributed by atoms with Gasteiger partial charge in [-0.2, -0.15) is 11.8 Å². The number of benzene rings is 3. The highest BCUT2D eigenvalue weighted by molar-refractivity contribution is 7.97. The summed E-state index contributed by atoms with van der Waals surface area (Å²) in [6, 6.07) is 23.4. The Balaban J connectivity index is 1.56. The fraction of sp³-hybridized carbons (Fsp3) is 0.174. The number of methoxy groups -OCH3 is 2. The van der Waals surface area contributed by atoms with Crippen LogP contribution in [0.3, 0.4) is 0 Å². The maximum atomic E-state index is 12.5. The van der Waals surface area contributed by atoms with Crippen molar-refractivity contribution < 1.29 is 14.3 Å². The zero-order valence-corrected chi connectivity index (χ0v) is 16.8. The maximum absolute atomic E-state index is 12.5. The molecule has 28 heavy (non-hydrogen) atoms. The fourth-order valence-corrected chi connectivity index (χ4v) is 3.69. The van der Waals surface area contributed by atoms with E-state index in [0.717, 1.165) is 11.5 Å². The Kier molecular flexibility index (Phi) is 6.98. The summed E-state index contributed by atoms with van der Waals surface area (Å²) < 4.78 is 10.5. The van der Waals surface area contributed by atoms with Crippen LogP contribution in [0, 0.1) is 0 Å². The molecule has 1 N–H and O–H groups in total. The Hall–Kier alpha value is -2.92. The standard InChI is InChI=1S/C23H23NO3S/c1-26-21-13-12-20(14-22(21)27-2)24-23(25)19-10-8-18(9-11-19)16-28-15-17-6-4-3-5-7-17/h3-14H,15-16H2,1-2H3,(H,24,25). The Bertz CT molecular complexity index is 911. The van der Waals surface area contributed by atoms with Gasteiger partial charge >= 0.3 is 0 Å². The summed E-state index contributed by atoms with van der Waals surface area (Å²) in [7, 11) is 3.15. The number of thioether (sulfide) groups is 1. The Morgan fingerprint density at radius 3 is 2.11 bits per heavy atom. The van der Waals surface area contributed by atoms with Gasteiger partial charge in [-0.25, -0.2) is 0 Å². The molecule has 0 aliphatic carbocycles. The van der Waals surface area contributed by atoms with Gasteiger partial charge in [0.2, 0.25) is 0 Å². The largest absolute Gasteiger partial charge is 0.493 e. The molecule has 0 saturated carbocycles. The molecule has 0 unspecified atom stereocenters. The van der Waals surface area contributed by atoms with Crippen molar-refractivity contribution in [1.82, 2.24) is 0 Å². The number of hydrogen-bond acceptors (Lipinski definition) is 4. The molecule has 0 radical (unpaired) electrons. The van der Waals surface area contributed by atoms with Crippen LogP contribution < -0.4 is 14.8 Å². The van der Waals surface area contributed by atoms with E-state index in [0.29, 0.717) is 22.7 Å². The molecule has 0 aliphatic heterocycles. The van der Waals surface area contributed by atoms with Crippen LogP contribution in [0.15, 0.2) is 72.8 Å². The number of carbonyl (C=O) groups excluding carboxylic acids is 1. The van der Waals surface area contributed by atoms with Crippen LogP contribution in [-0.2, 0) is 11.5 Å². The van der Waals surface area contributed by atoms with E-state index in [2.05, 4.69) is 29.6 Å². The molecule has 0 heterocycles. The van der Waals surface area contributed by atoms with E-state index >= 15 is 0 Å². The minimum absolute atomic E-state index is 0.157. The van der Waals surface area contributed by atoms with Crippen molar-refractivity contribution in [3.8, 4) is 11.5 Å². The smallest absolute Gasteiger partial charge is 0.255 e. The van der Waals surface area contributed by atoms with E-state index in [1.54, 1.807) is 32.4 Å². The van der Waals surface area contributed by atoms with Crippen molar-refractivity contribution in [2.24, 2.45) is 0 Å². The average Bonchev–Trinajstić information content (AvgIpc) is 2.75. The van der Waals surface area contributed by atoms with E-state index in [9.17, 15) is 4.79 Å². The van der Waals surface area contributed by atoms with Crippen molar-refractivity contribution >= 4 is 23.4 Å². The topological polar surface area (TPSA) is 47.6 Å². The third kappa shape index (κ3) is 5.30. The van der Waals surface area contributed by atoms with Gasteiger partial charge in [0.1, 0.15) is 0 Å². The highest BCUT2D eigenvalue weighted by atomic mass is 32.2. The third-order valence-electron chi connectivity index (χ3n) is 4.24. The molecule has 0 fully saturated rings. The second kappa shape index (κ2) is 9.85. The minimum Gasteiger partial charge on any atom is -0.493 e. The molecule has 5 heteroatoms. The molecule has 0 spiro atoms. The number of anilines is 1. The summed E-state index contributed by atoms with van der Waals surface area (Å²) in [4.78, 5) is 12.5. The van der Waals surface area contributed by atoms with Crippen LogP contribution in [-0.4, -0.2) is 20.1 Å². The summed E-state index contributed by atoms with van der Waals surface area (Å²) in [5.74, 6) is 2.93. The van der Waals surface area contributed by atoms with E-state index in [1.807, 2.05) is 42.1 Å². The highest BCUT2D eigenvalue weighted by Crippen LogP contribution is 2.30. The normalized spacial score (nSPS) is 10.4. The van der Waals surface area contributed by atoms with Gasteiger partial charge in [-0.15, -0.1) is 0 Å². The van der Waals surface area contributed by atoms with Gasteiger partial charge in [0.05, 0.1) is 14.2 Å². The zero-order chi connectivity index (χ0) is 19.8. The molecular formula is C23H23NO3S. The predicted molar refractivity (Wildman–Crippen MR) is 115 cm³/mol. The van der Waals surface area contributed by atoms with Gasteiger partial charge in [-0.3, -0.25) is 4.79 Å². The lowest BCUT2D eigenvalue weighted by Gasteiger charge is -2.11. The molecule has 0 atom stereocenters. The van der Waals surface area contributed by atoms with Gasteiger partial charge in [0.15, 0.2) is 11.5 Å². The second-order valence-electron chi connectivity index (χ2n) is 6.20. The quantitative estimate of drug-likeness (QED) is 0.557. The molecule has 144 valence electrons. The van der Waals surface area contributed by atoms with Crippen LogP contribution in [0.25, 0.3) is 0 Å². The summed E-state index contributed by atoms with van der Waals surface area (Å²) in [5.41, 5.74) is 3.79. The van der Waals surface area contributed by atoms with Crippen molar-refractivity contribution in [3.63, 3.8) is 0 Å². The number of hydrogen-bond donors (Lipinski definition) is 1. The van der Waals surface area contributed by atoms with Crippen LogP contribution in [0.5, 0.6) is 11.5 Å². The lowest BCUT2D eigenvalue weighted by molar-refractivity contribution is 0.102. The van der Waals surface area contributed by atoms with E-state index in [4.69, 9.17) is 9.47 Å². The van der Waals surface area contributed by atoms with Gasteiger partial charge in [0, 0.05) is 28.8 Å². The van der Waals surface area contributed by atoms with Crippen LogP contribution in [0.4, 0.5) is 5.69 Å². The summed E-state index contributed by atoms with van der Waals surface area (Å²) in [5, 5.41) is 2.89. The molecule has 3 aromatic carbocycles. The molecule has 0 saturated heterocycles. The third-order valence-corrected chi connectivity index (χ3v) is 5.31. The molecule has 3 rings (SSSR count). The first kappa shape index (κ1) is 19.8. The Morgan fingerprint density at radius 2 is 1.46 bits per heavy atom.